The first kappa shape index (κ1) is 16.0. The molecule has 4 heterocycles. The molecule has 9 heteroatoms. The number of nitrogens with zero attached hydrogens (tertiary/aromatic N) is 5. The number of fused-ring (bicyclic) bond motifs is 5. The molecule has 1 unspecified atom stereocenters. The molecule has 1 aliphatic carbocycles. The maximum Gasteiger partial charge on any atom is 0.157 e. The molecule has 136 valence electrons. The minimum Gasteiger partial charge on any atom is -0.383 e. The van der Waals surface area contributed by atoms with E-state index in [-0.39, 0.29) is 6.04 Å². The summed E-state index contributed by atoms with van der Waals surface area (Å²) >= 11 is 0. The summed E-state index contributed by atoms with van der Waals surface area (Å²) in [5, 5.41) is 5.11. The fourth-order valence-corrected chi connectivity index (χ4v) is 5.06. The Kier molecular flexibility index (Phi) is 3.29. The summed E-state index contributed by atoms with van der Waals surface area (Å²) in [5.74, 6) is 1.47. The molecule has 26 heavy (non-hydrogen) atoms. The van der Waals surface area contributed by atoms with Crippen molar-refractivity contribution < 1.29 is 8.73 Å². The van der Waals surface area contributed by atoms with E-state index < -0.39 is 11.0 Å². The standard InChI is InChI=1S/C17H20N6O2S/c1-8(2)23-10-6-22(3)26(24)15-13(21-25-14(15)9-4-5-9)11(10)12-16(18)19-7-20-17(12)23/h7-9H,4-6H2,1-3H3,(H2,18,19,20). The lowest BCUT2D eigenvalue weighted by Gasteiger charge is -2.18. The molecule has 0 amide bonds. The van der Waals surface area contributed by atoms with E-state index in [4.69, 9.17) is 10.3 Å². The molecule has 2 aliphatic rings. The first-order chi connectivity index (χ1) is 12.5. The normalized spacial score (nSPS) is 20.4. The smallest absolute Gasteiger partial charge is 0.157 e. The van der Waals surface area contributed by atoms with Crippen molar-refractivity contribution in [3.8, 4) is 11.3 Å². The molecule has 0 saturated heterocycles. The highest BCUT2D eigenvalue weighted by Crippen LogP contribution is 2.49. The van der Waals surface area contributed by atoms with Crippen LogP contribution in [0.1, 0.15) is 50.1 Å². The molecular weight excluding hydrogens is 352 g/mol. The monoisotopic (exact) mass is 372 g/mol. The number of nitrogens with two attached hydrogens (primary N) is 1. The van der Waals surface area contributed by atoms with Gasteiger partial charge in [-0.05, 0) is 26.7 Å². The van der Waals surface area contributed by atoms with Crippen LogP contribution < -0.4 is 5.73 Å². The Hall–Kier alpha value is -2.26. The minimum atomic E-state index is -1.33. The lowest BCUT2D eigenvalue weighted by molar-refractivity contribution is 0.381. The summed E-state index contributed by atoms with van der Waals surface area (Å²) < 4.78 is 22.8. The summed E-state index contributed by atoms with van der Waals surface area (Å²) in [4.78, 5) is 9.36. The van der Waals surface area contributed by atoms with Gasteiger partial charge in [0.15, 0.2) is 5.76 Å². The zero-order chi connectivity index (χ0) is 18.2. The molecule has 3 aromatic heterocycles. The van der Waals surface area contributed by atoms with Crippen LogP contribution in [0.4, 0.5) is 5.82 Å². The van der Waals surface area contributed by atoms with Crippen LogP contribution in [0.3, 0.4) is 0 Å². The molecule has 1 aliphatic heterocycles. The van der Waals surface area contributed by atoms with Gasteiger partial charge in [0.25, 0.3) is 0 Å². The van der Waals surface area contributed by atoms with Crippen LogP contribution in [0, 0.1) is 0 Å². The van der Waals surface area contributed by atoms with Crippen molar-refractivity contribution in [1.82, 2.24) is 24.0 Å². The van der Waals surface area contributed by atoms with Crippen LogP contribution in [0.15, 0.2) is 15.7 Å². The molecule has 8 nitrogen and oxygen atoms in total. The number of hydrogen-bond acceptors (Lipinski definition) is 6. The maximum atomic E-state index is 13.2. The number of aromatic nitrogens is 4. The fraction of sp³-hybridized carbons (Fsp3) is 0.471. The highest BCUT2D eigenvalue weighted by molar-refractivity contribution is 7.82. The van der Waals surface area contributed by atoms with Crippen LogP contribution in [0.5, 0.6) is 0 Å². The zero-order valence-corrected chi connectivity index (χ0v) is 15.7. The minimum absolute atomic E-state index is 0.161. The Morgan fingerprint density at radius 3 is 2.81 bits per heavy atom. The van der Waals surface area contributed by atoms with E-state index in [1.807, 2.05) is 11.4 Å². The van der Waals surface area contributed by atoms with Gasteiger partial charge in [-0.1, -0.05) is 5.16 Å². The topological polar surface area (TPSA) is 103 Å². The second kappa shape index (κ2) is 5.37. The third-order valence-electron chi connectivity index (χ3n) is 5.12. The van der Waals surface area contributed by atoms with Crippen LogP contribution in [0.2, 0.25) is 0 Å². The predicted molar refractivity (Wildman–Crippen MR) is 97.7 cm³/mol. The van der Waals surface area contributed by atoms with Crippen molar-refractivity contribution in [3.05, 3.63) is 17.8 Å². The van der Waals surface area contributed by atoms with Gasteiger partial charge in [-0.3, -0.25) is 0 Å². The van der Waals surface area contributed by atoms with Crippen molar-refractivity contribution in [2.75, 3.05) is 12.8 Å². The van der Waals surface area contributed by atoms with Crippen LogP contribution in [0.25, 0.3) is 22.3 Å². The number of nitrogen functional groups attached to an aromatic ring is 1. The summed E-state index contributed by atoms with van der Waals surface area (Å²) in [6.07, 6.45) is 3.58. The highest BCUT2D eigenvalue weighted by Gasteiger charge is 2.40. The average molecular weight is 372 g/mol. The van der Waals surface area contributed by atoms with E-state index >= 15 is 0 Å². The quantitative estimate of drug-likeness (QED) is 0.742. The lowest BCUT2D eigenvalue weighted by Crippen LogP contribution is -2.22. The predicted octanol–water partition coefficient (Wildman–Crippen LogP) is 2.59. The van der Waals surface area contributed by atoms with Gasteiger partial charge < -0.3 is 14.8 Å². The van der Waals surface area contributed by atoms with Crippen molar-refractivity contribution in [2.24, 2.45) is 0 Å². The first-order valence-electron chi connectivity index (χ1n) is 8.75. The van der Waals surface area contributed by atoms with Gasteiger partial charge in [0.05, 0.1) is 11.9 Å². The van der Waals surface area contributed by atoms with E-state index in [1.54, 1.807) is 0 Å². The van der Waals surface area contributed by atoms with Crippen molar-refractivity contribution in [2.45, 2.75) is 50.1 Å². The van der Waals surface area contributed by atoms with Gasteiger partial charge in [0, 0.05) is 30.3 Å². The SMILES string of the molecule is CC(C)n1c2c(c3c(N)ncnc31)-c1noc(C3CC3)c1S(=O)N(C)C2. The van der Waals surface area contributed by atoms with Crippen LogP contribution in [-0.4, -0.2) is 35.3 Å². The van der Waals surface area contributed by atoms with Gasteiger partial charge in [-0.15, -0.1) is 0 Å². The van der Waals surface area contributed by atoms with Crippen molar-refractivity contribution >= 4 is 27.8 Å². The van der Waals surface area contributed by atoms with E-state index in [1.165, 1.54) is 6.33 Å². The summed E-state index contributed by atoms with van der Waals surface area (Å²) in [7, 11) is 0.525. The molecule has 1 saturated carbocycles. The maximum absolute atomic E-state index is 13.2. The molecule has 1 fully saturated rings. The number of rotatable bonds is 2. The van der Waals surface area contributed by atoms with Gasteiger partial charge in [-0.2, -0.15) is 0 Å². The Morgan fingerprint density at radius 1 is 1.35 bits per heavy atom. The van der Waals surface area contributed by atoms with Crippen molar-refractivity contribution in [1.29, 1.82) is 0 Å². The van der Waals surface area contributed by atoms with Gasteiger partial charge in [-0.25, -0.2) is 18.5 Å². The molecule has 0 aromatic carbocycles. The Balaban J connectivity index is 1.93. The Bertz CT molecular complexity index is 1070. The fourth-order valence-electron chi connectivity index (χ4n) is 3.82. The molecule has 0 spiro atoms. The average Bonchev–Trinajstić information content (AvgIpc) is 3.28. The summed E-state index contributed by atoms with van der Waals surface area (Å²) in [6, 6.07) is 0.161. The second-order valence-corrected chi connectivity index (χ2v) is 8.81. The molecule has 5 rings (SSSR count). The van der Waals surface area contributed by atoms with Crippen molar-refractivity contribution in [3.63, 3.8) is 0 Å². The Labute approximate surface area is 153 Å². The largest absolute Gasteiger partial charge is 0.383 e. The lowest BCUT2D eigenvalue weighted by atomic mass is 10.1. The van der Waals surface area contributed by atoms with E-state index in [0.717, 1.165) is 40.9 Å². The zero-order valence-electron chi connectivity index (χ0n) is 14.9. The van der Waals surface area contributed by atoms with Crippen LogP contribution >= 0.6 is 0 Å². The third-order valence-corrected chi connectivity index (χ3v) is 6.56. The first-order valence-corrected chi connectivity index (χ1v) is 9.85. The number of hydrogen-bond donors (Lipinski definition) is 1. The van der Waals surface area contributed by atoms with E-state index in [2.05, 4.69) is 33.5 Å². The molecule has 0 bridgehead atoms. The van der Waals surface area contributed by atoms with E-state index in [0.29, 0.717) is 28.9 Å². The summed E-state index contributed by atoms with van der Waals surface area (Å²) in [5.41, 5.74) is 9.49. The summed E-state index contributed by atoms with van der Waals surface area (Å²) in [6.45, 7) is 4.70. The molecule has 2 N–H and O–H groups in total. The second-order valence-electron chi connectivity index (χ2n) is 7.28. The molecular formula is C17H20N6O2S. The third kappa shape index (κ3) is 2.04. The highest BCUT2D eigenvalue weighted by atomic mass is 32.2. The molecule has 1 atom stereocenters. The van der Waals surface area contributed by atoms with Gasteiger partial charge in [0.2, 0.25) is 0 Å². The molecule has 0 radical (unpaired) electrons. The van der Waals surface area contributed by atoms with Gasteiger partial charge >= 0.3 is 0 Å². The van der Waals surface area contributed by atoms with Crippen LogP contribution in [-0.2, 0) is 17.5 Å². The Morgan fingerprint density at radius 2 is 2.12 bits per heavy atom. The molecule has 3 aromatic rings. The number of anilines is 1. The van der Waals surface area contributed by atoms with E-state index in [9.17, 15) is 4.21 Å². The van der Waals surface area contributed by atoms with Gasteiger partial charge in [0.1, 0.15) is 39.4 Å².